The Bertz CT molecular complexity index is 1450. The van der Waals surface area contributed by atoms with E-state index in [-0.39, 0.29) is 17.6 Å². The lowest BCUT2D eigenvalue weighted by atomic mass is 9.83. The lowest BCUT2D eigenvalue weighted by molar-refractivity contribution is -0.193. The quantitative estimate of drug-likeness (QED) is 0.372. The molecule has 3 aromatic rings. The van der Waals surface area contributed by atoms with Crippen LogP contribution in [-0.4, -0.2) is 87.0 Å². The third-order valence-electron chi connectivity index (χ3n) is 6.97. The number of ether oxygens (including phenoxy) is 1. The third kappa shape index (κ3) is 9.47. The van der Waals surface area contributed by atoms with Crippen LogP contribution in [0.1, 0.15) is 22.6 Å². The van der Waals surface area contributed by atoms with Crippen molar-refractivity contribution in [2.24, 2.45) is 0 Å². The Labute approximate surface area is 257 Å². The summed E-state index contributed by atoms with van der Waals surface area (Å²) in [6, 6.07) is 20.7. The maximum absolute atomic E-state index is 14.3. The average Bonchev–Trinajstić information content (AvgIpc) is 3.36. The van der Waals surface area contributed by atoms with Gasteiger partial charge in [0.25, 0.3) is 5.91 Å². The zero-order chi connectivity index (χ0) is 34.1. The fourth-order valence-corrected chi connectivity index (χ4v) is 4.94. The van der Waals surface area contributed by atoms with Gasteiger partial charge in [-0.1, -0.05) is 54.6 Å². The van der Waals surface area contributed by atoms with Crippen molar-refractivity contribution in [3.63, 3.8) is 0 Å². The van der Waals surface area contributed by atoms with E-state index in [0.29, 0.717) is 44.9 Å². The summed E-state index contributed by atoms with van der Waals surface area (Å²) in [6.07, 6.45) is -6.63. The number of halogens is 7. The standard InChI is InChI=1S/C26H26FN3O2.2C2HF3O2/c27-24-11-5-4-9-22(24)17-29-18-23(21-10-6-12-28-15-21)26(19-29)25(31)30(13-14-32-26)16-20-7-2-1-3-8-20;2*3-2(4,5)1(6)7/h1-12,15,23H,13-14,16-19H2;2*(H,6,7). The smallest absolute Gasteiger partial charge is 0.475 e. The zero-order valence-electron chi connectivity index (χ0n) is 23.8. The first-order valence-corrected chi connectivity index (χ1v) is 13.5. The van der Waals surface area contributed by atoms with Crippen molar-refractivity contribution in [3.05, 3.63) is 102 Å². The van der Waals surface area contributed by atoms with Gasteiger partial charge in [-0.3, -0.25) is 14.7 Å². The first kappa shape index (κ1) is 35.9. The summed E-state index contributed by atoms with van der Waals surface area (Å²) in [5.41, 5.74) is 1.69. The molecular formula is C30H28F7N3O6. The summed E-state index contributed by atoms with van der Waals surface area (Å²) in [5, 5.41) is 14.2. The molecule has 2 aliphatic rings. The van der Waals surface area contributed by atoms with E-state index in [1.54, 1.807) is 18.3 Å². The van der Waals surface area contributed by atoms with E-state index in [9.17, 15) is 35.5 Å². The highest BCUT2D eigenvalue weighted by atomic mass is 19.4. The molecule has 2 atom stereocenters. The number of morpholine rings is 1. The number of likely N-dealkylation sites (tertiary alicyclic amines) is 1. The van der Waals surface area contributed by atoms with Crippen LogP contribution in [0.15, 0.2) is 79.1 Å². The molecule has 9 nitrogen and oxygen atoms in total. The molecule has 248 valence electrons. The molecule has 2 aliphatic heterocycles. The van der Waals surface area contributed by atoms with Gasteiger partial charge >= 0.3 is 24.3 Å². The first-order chi connectivity index (χ1) is 21.5. The molecule has 1 aromatic heterocycles. The number of nitrogens with zero attached hydrogens (tertiary/aromatic N) is 3. The van der Waals surface area contributed by atoms with Gasteiger partial charge < -0.3 is 19.8 Å². The number of hydrogen-bond donors (Lipinski definition) is 2. The molecule has 5 rings (SSSR count). The second-order valence-corrected chi connectivity index (χ2v) is 10.2. The van der Waals surface area contributed by atoms with E-state index >= 15 is 0 Å². The number of amides is 1. The molecule has 0 radical (unpaired) electrons. The monoisotopic (exact) mass is 659 g/mol. The minimum Gasteiger partial charge on any atom is -0.475 e. The van der Waals surface area contributed by atoms with E-state index < -0.39 is 29.9 Å². The minimum atomic E-state index is -5.08. The van der Waals surface area contributed by atoms with E-state index in [4.69, 9.17) is 24.5 Å². The van der Waals surface area contributed by atoms with Crippen molar-refractivity contribution in [1.82, 2.24) is 14.8 Å². The summed E-state index contributed by atoms with van der Waals surface area (Å²) >= 11 is 0. The van der Waals surface area contributed by atoms with Crippen molar-refractivity contribution < 1.29 is 60.1 Å². The first-order valence-electron chi connectivity index (χ1n) is 13.5. The fourth-order valence-electron chi connectivity index (χ4n) is 4.94. The number of hydrogen-bond acceptors (Lipinski definition) is 6. The van der Waals surface area contributed by atoms with Crippen LogP contribution in [0.5, 0.6) is 0 Å². The number of rotatable bonds is 5. The second-order valence-electron chi connectivity index (χ2n) is 10.2. The van der Waals surface area contributed by atoms with Crippen molar-refractivity contribution in [2.75, 3.05) is 26.2 Å². The number of carboxylic acid groups (broad SMARTS) is 2. The predicted octanol–water partition coefficient (Wildman–Crippen LogP) is 4.88. The maximum atomic E-state index is 14.3. The second kappa shape index (κ2) is 15.1. The number of aliphatic carboxylic acids is 2. The Balaban J connectivity index is 0.000000345. The Kier molecular flexibility index (Phi) is 11.8. The Morgan fingerprint density at radius 1 is 0.891 bits per heavy atom. The van der Waals surface area contributed by atoms with E-state index in [2.05, 4.69) is 9.88 Å². The van der Waals surface area contributed by atoms with E-state index in [1.807, 2.05) is 59.6 Å². The number of benzene rings is 2. The molecule has 1 amide bonds. The van der Waals surface area contributed by atoms with Crippen LogP contribution >= 0.6 is 0 Å². The molecule has 16 heteroatoms. The summed E-state index contributed by atoms with van der Waals surface area (Å²) in [4.78, 5) is 40.0. The van der Waals surface area contributed by atoms with E-state index in [0.717, 1.165) is 11.1 Å². The number of alkyl halides is 6. The molecule has 0 bridgehead atoms. The number of carbonyl (C=O) groups excluding carboxylic acids is 1. The van der Waals surface area contributed by atoms with Gasteiger partial charge in [0.2, 0.25) is 0 Å². The van der Waals surface area contributed by atoms with Gasteiger partial charge in [-0.25, -0.2) is 14.0 Å². The molecule has 2 saturated heterocycles. The van der Waals surface area contributed by atoms with Crippen LogP contribution in [-0.2, 0) is 32.2 Å². The van der Waals surface area contributed by atoms with Crippen molar-refractivity contribution >= 4 is 17.8 Å². The maximum Gasteiger partial charge on any atom is 0.490 e. The van der Waals surface area contributed by atoms with Gasteiger partial charge in [-0.2, -0.15) is 26.3 Å². The summed E-state index contributed by atoms with van der Waals surface area (Å²) in [6.45, 7) is 3.04. The van der Waals surface area contributed by atoms with Crippen molar-refractivity contribution in [3.8, 4) is 0 Å². The van der Waals surface area contributed by atoms with Crippen LogP contribution in [0.25, 0.3) is 0 Å². The fraction of sp³-hybridized carbons (Fsp3) is 0.333. The predicted molar refractivity (Wildman–Crippen MR) is 147 cm³/mol. The SMILES string of the molecule is O=C(O)C(F)(F)F.O=C(O)C(F)(F)F.O=C1N(Cc2ccccc2)CCOC12CN(Cc1ccccc1F)CC2c1cccnc1. The highest BCUT2D eigenvalue weighted by Gasteiger charge is 2.57. The number of carbonyl (C=O) groups is 3. The largest absolute Gasteiger partial charge is 0.490 e. The Morgan fingerprint density at radius 3 is 2.02 bits per heavy atom. The highest BCUT2D eigenvalue weighted by Crippen LogP contribution is 2.42. The molecule has 2 aromatic carbocycles. The molecule has 0 saturated carbocycles. The number of carboxylic acids is 2. The lowest BCUT2D eigenvalue weighted by Crippen LogP contribution is -2.59. The topological polar surface area (TPSA) is 120 Å². The van der Waals surface area contributed by atoms with Crippen LogP contribution < -0.4 is 0 Å². The van der Waals surface area contributed by atoms with Gasteiger partial charge in [-0.15, -0.1) is 0 Å². The molecule has 2 fully saturated rings. The lowest BCUT2D eigenvalue weighted by Gasteiger charge is -2.42. The Hall–Kier alpha value is -4.57. The van der Waals surface area contributed by atoms with Gasteiger partial charge in [0.1, 0.15) is 5.82 Å². The Morgan fingerprint density at radius 2 is 1.48 bits per heavy atom. The van der Waals surface area contributed by atoms with Crippen LogP contribution in [0.2, 0.25) is 0 Å². The third-order valence-corrected chi connectivity index (χ3v) is 6.97. The summed E-state index contributed by atoms with van der Waals surface area (Å²) in [5.74, 6) is -5.92. The molecule has 3 heterocycles. The van der Waals surface area contributed by atoms with Gasteiger partial charge in [-0.05, 0) is 23.3 Å². The van der Waals surface area contributed by atoms with Gasteiger partial charge in [0, 0.05) is 56.6 Å². The van der Waals surface area contributed by atoms with Crippen LogP contribution in [0.3, 0.4) is 0 Å². The van der Waals surface area contributed by atoms with Crippen LogP contribution in [0, 0.1) is 5.82 Å². The minimum absolute atomic E-state index is 0.00232. The molecule has 0 aliphatic carbocycles. The number of pyridine rings is 1. The van der Waals surface area contributed by atoms with Gasteiger partial charge in [0.05, 0.1) is 6.61 Å². The molecular weight excluding hydrogens is 631 g/mol. The van der Waals surface area contributed by atoms with Gasteiger partial charge in [0.15, 0.2) is 5.60 Å². The summed E-state index contributed by atoms with van der Waals surface area (Å²) in [7, 11) is 0. The van der Waals surface area contributed by atoms with E-state index in [1.165, 1.54) is 6.07 Å². The molecule has 1 spiro atoms. The zero-order valence-corrected chi connectivity index (χ0v) is 23.8. The normalized spacial score (nSPS) is 19.9. The summed E-state index contributed by atoms with van der Waals surface area (Å²) < 4.78 is 84.1. The van der Waals surface area contributed by atoms with Crippen molar-refractivity contribution in [1.29, 1.82) is 0 Å². The highest BCUT2D eigenvalue weighted by molar-refractivity contribution is 5.88. The molecule has 2 unspecified atom stereocenters. The number of aromatic nitrogens is 1. The van der Waals surface area contributed by atoms with Crippen LogP contribution in [0.4, 0.5) is 30.7 Å². The molecule has 2 N–H and O–H groups in total. The van der Waals surface area contributed by atoms with Crippen molar-refractivity contribution in [2.45, 2.75) is 37.0 Å². The average molecular weight is 660 g/mol. The molecule has 46 heavy (non-hydrogen) atoms.